The van der Waals surface area contributed by atoms with E-state index in [1.807, 2.05) is 0 Å². The molecule has 0 unspecified atom stereocenters. The van der Waals surface area contributed by atoms with Crippen LogP contribution in [0.1, 0.15) is 12.8 Å². The number of carbonyl (C=O) groups excluding carboxylic acids is 1. The fourth-order valence-corrected chi connectivity index (χ4v) is 1.20. The van der Waals surface area contributed by atoms with Crippen LogP contribution in [0.3, 0.4) is 0 Å². The molecule has 76 valence electrons. The quantitative estimate of drug-likeness (QED) is 0.804. The molecule has 1 aromatic carbocycles. The molecule has 0 heterocycles. The van der Waals surface area contributed by atoms with Crippen molar-refractivity contribution in [1.29, 1.82) is 0 Å². The van der Waals surface area contributed by atoms with Gasteiger partial charge in [-0.1, -0.05) is 23.7 Å². The molecule has 1 amide bonds. The monoisotopic (exact) mass is 213 g/mol. The van der Waals surface area contributed by atoms with Gasteiger partial charge in [0.25, 0.3) is 0 Å². The maximum atomic E-state index is 11.2. The molecule has 0 bridgehead atoms. The molecule has 14 heavy (non-hydrogen) atoms. The van der Waals surface area contributed by atoms with Crippen LogP contribution in [0.4, 0.5) is 5.69 Å². The third kappa shape index (κ3) is 3.36. The van der Waals surface area contributed by atoms with Crippen LogP contribution in [0.25, 0.3) is 0 Å². The number of amides is 1. The van der Waals surface area contributed by atoms with Gasteiger partial charge >= 0.3 is 0 Å². The maximum absolute atomic E-state index is 11.2. The number of benzene rings is 1. The normalized spacial score (nSPS) is 9.86. The summed E-state index contributed by atoms with van der Waals surface area (Å²) >= 11 is 5.84. The summed E-state index contributed by atoms with van der Waals surface area (Å²) in [5.74, 6) is -0.132. The van der Waals surface area contributed by atoms with Crippen molar-refractivity contribution < 1.29 is 9.90 Å². The van der Waals surface area contributed by atoms with E-state index in [0.29, 0.717) is 23.6 Å². The molecule has 0 aliphatic rings. The zero-order valence-corrected chi connectivity index (χ0v) is 8.42. The second kappa shape index (κ2) is 5.62. The number of hydrogen-bond donors (Lipinski definition) is 2. The van der Waals surface area contributed by atoms with E-state index >= 15 is 0 Å². The number of aliphatic hydroxyl groups excluding tert-OH is 1. The lowest BCUT2D eigenvalue weighted by Gasteiger charge is -2.05. The fraction of sp³-hybridized carbons (Fsp3) is 0.300. The molecule has 0 aliphatic heterocycles. The number of aliphatic hydroxyl groups is 1. The van der Waals surface area contributed by atoms with E-state index in [4.69, 9.17) is 16.7 Å². The van der Waals surface area contributed by atoms with Crippen molar-refractivity contribution in [3.05, 3.63) is 29.3 Å². The molecular weight excluding hydrogens is 202 g/mol. The first-order valence-electron chi connectivity index (χ1n) is 4.39. The molecule has 1 aromatic rings. The smallest absolute Gasteiger partial charge is 0.224 e. The van der Waals surface area contributed by atoms with Crippen LogP contribution >= 0.6 is 11.6 Å². The maximum Gasteiger partial charge on any atom is 0.224 e. The molecule has 1 rings (SSSR count). The van der Waals surface area contributed by atoms with E-state index in [-0.39, 0.29) is 12.5 Å². The molecule has 0 saturated carbocycles. The lowest BCUT2D eigenvalue weighted by molar-refractivity contribution is -0.116. The van der Waals surface area contributed by atoms with Crippen LogP contribution in [0, 0.1) is 0 Å². The Morgan fingerprint density at radius 3 is 2.79 bits per heavy atom. The highest BCUT2D eigenvalue weighted by atomic mass is 35.5. The second-order valence-corrected chi connectivity index (χ2v) is 3.26. The number of halogens is 1. The van der Waals surface area contributed by atoms with Gasteiger partial charge in [-0.2, -0.15) is 0 Å². The molecule has 0 atom stereocenters. The highest BCUT2D eigenvalue weighted by Crippen LogP contribution is 2.20. The van der Waals surface area contributed by atoms with Crippen LogP contribution in [0.15, 0.2) is 24.3 Å². The van der Waals surface area contributed by atoms with Crippen molar-refractivity contribution in [3.63, 3.8) is 0 Å². The lowest BCUT2D eigenvalue weighted by Crippen LogP contribution is -2.11. The minimum absolute atomic E-state index is 0.0238. The molecule has 0 spiro atoms. The van der Waals surface area contributed by atoms with Crippen LogP contribution in [-0.2, 0) is 4.79 Å². The molecule has 0 radical (unpaired) electrons. The van der Waals surface area contributed by atoms with Gasteiger partial charge in [0, 0.05) is 13.0 Å². The third-order valence-corrected chi connectivity index (χ3v) is 2.04. The molecule has 2 N–H and O–H groups in total. The first-order valence-corrected chi connectivity index (χ1v) is 4.77. The van der Waals surface area contributed by atoms with Crippen molar-refractivity contribution in [2.24, 2.45) is 0 Å². The Labute approximate surface area is 87.7 Å². The van der Waals surface area contributed by atoms with E-state index < -0.39 is 0 Å². The number of hydrogen-bond acceptors (Lipinski definition) is 2. The summed E-state index contributed by atoms with van der Waals surface area (Å²) < 4.78 is 0. The number of nitrogens with one attached hydrogen (secondary N) is 1. The van der Waals surface area contributed by atoms with Gasteiger partial charge in [-0.15, -0.1) is 0 Å². The van der Waals surface area contributed by atoms with Gasteiger partial charge in [0.05, 0.1) is 10.7 Å². The van der Waals surface area contributed by atoms with Gasteiger partial charge < -0.3 is 10.4 Å². The summed E-state index contributed by atoms with van der Waals surface area (Å²) in [6.07, 6.45) is 0.776. The van der Waals surface area contributed by atoms with Crippen LogP contribution in [0.2, 0.25) is 5.02 Å². The fourth-order valence-electron chi connectivity index (χ4n) is 1.01. The standard InChI is InChI=1S/C10H12ClNO2/c11-8-4-1-2-5-9(8)12-10(14)6-3-7-13/h1-2,4-5,13H,3,6-7H2,(H,12,14). The Hall–Kier alpha value is -1.06. The largest absolute Gasteiger partial charge is 0.396 e. The van der Waals surface area contributed by atoms with E-state index in [1.165, 1.54) is 0 Å². The first kappa shape index (κ1) is 11.0. The third-order valence-electron chi connectivity index (χ3n) is 1.71. The van der Waals surface area contributed by atoms with Crippen molar-refractivity contribution in [3.8, 4) is 0 Å². The summed E-state index contributed by atoms with van der Waals surface area (Å²) in [6, 6.07) is 7.04. The highest BCUT2D eigenvalue weighted by molar-refractivity contribution is 6.33. The molecule has 0 aliphatic carbocycles. The summed E-state index contributed by atoms with van der Waals surface area (Å²) in [6.45, 7) is 0.0238. The molecule has 0 saturated heterocycles. The van der Waals surface area contributed by atoms with E-state index in [9.17, 15) is 4.79 Å². The van der Waals surface area contributed by atoms with Crippen molar-refractivity contribution in [2.45, 2.75) is 12.8 Å². The number of carbonyl (C=O) groups is 1. The van der Waals surface area contributed by atoms with Gasteiger partial charge in [-0.05, 0) is 18.6 Å². The minimum atomic E-state index is -0.132. The molecule has 4 heteroatoms. The average Bonchev–Trinajstić information content (AvgIpc) is 2.18. The Morgan fingerprint density at radius 2 is 2.14 bits per heavy atom. The van der Waals surface area contributed by atoms with Gasteiger partial charge in [0.2, 0.25) is 5.91 Å². The first-order chi connectivity index (χ1) is 6.74. The van der Waals surface area contributed by atoms with Crippen LogP contribution in [-0.4, -0.2) is 17.6 Å². The van der Waals surface area contributed by atoms with Crippen LogP contribution < -0.4 is 5.32 Å². The molecule has 3 nitrogen and oxygen atoms in total. The number of anilines is 1. The van der Waals surface area contributed by atoms with Gasteiger partial charge in [-0.3, -0.25) is 4.79 Å². The predicted octanol–water partition coefficient (Wildman–Crippen LogP) is 2.05. The summed E-state index contributed by atoms with van der Waals surface area (Å²) in [4.78, 5) is 11.2. The molecule has 0 fully saturated rings. The van der Waals surface area contributed by atoms with E-state index in [2.05, 4.69) is 5.32 Å². The second-order valence-electron chi connectivity index (χ2n) is 2.86. The molecule has 0 aromatic heterocycles. The summed E-state index contributed by atoms with van der Waals surface area (Å²) in [7, 11) is 0. The zero-order valence-electron chi connectivity index (χ0n) is 7.66. The zero-order chi connectivity index (χ0) is 10.4. The van der Waals surface area contributed by atoms with Crippen molar-refractivity contribution in [2.75, 3.05) is 11.9 Å². The van der Waals surface area contributed by atoms with Crippen LogP contribution in [0.5, 0.6) is 0 Å². The Morgan fingerprint density at radius 1 is 1.43 bits per heavy atom. The number of rotatable bonds is 4. The Balaban J connectivity index is 2.52. The topological polar surface area (TPSA) is 49.3 Å². The number of para-hydroxylation sites is 1. The van der Waals surface area contributed by atoms with E-state index in [1.54, 1.807) is 24.3 Å². The lowest BCUT2D eigenvalue weighted by atomic mass is 10.2. The highest BCUT2D eigenvalue weighted by Gasteiger charge is 2.03. The predicted molar refractivity (Wildman–Crippen MR) is 56.4 cm³/mol. The minimum Gasteiger partial charge on any atom is -0.396 e. The summed E-state index contributed by atoms with van der Waals surface area (Å²) in [5, 5.41) is 11.7. The van der Waals surface area contributed by atoms with Gasteiger partial charge in [-0.25, -0.2) is 0 Å². The van der Waals surface area contributed by atoms with Gasteiger partial charge in [0.1, 0.15) is 0 Å². The SMILES string of the molecule is O=C(CCCO)Nc1ccccc1Cl. The average molecular weight is 214 g/mol. The molecular formula is C10H12ClNO2. The van der Waals surface area contributed by atoms with Crippen molar-refractivity contribution in [1.82, 2.24) is 0 Å². The van der Waals surface area contributed by atoms with E-state index in [0.717, 1.165) is 0 Å². The van der Waals surface area contributed by atoms with Gasteiger partial charge in [0.15, 0.2) is 0 Å². The van der Waals surface area contributed by atoms with Crippen molar-refractivity contribution >= 4 is 23.2 Å². The Kier molecular flexibility index (Phi) is 4.43. The Bertz CT molecular complexity index is 315. The summed E-state index contributed by atoms with van der Waals surface area (Å²) in [5.41, 5.74) is 0.608.